The van der Waals surface area contributed by atoms with E-state index in [2.05, 4.69) is 0 Å². The maximum absolute atomic E-state index is 11.2. The molecule has 1 aliphatic rings. The zero-order chi connectivity index (χ0) is 8.27. The minimum absolute atomic E-state index is 0.0229. The van der Waals surface area contributed by atoms with Gasteiger partial charge in [-0.2, -0.15) is 0 Å². The maximum Gasteiger partial charge on any atom is 0.239 e. The van der Waals surface area contributed by atoms with Crippen molar-refractivity contribution in [2.75, 3.05) is 19.7 Å². The van der Waals surface area contributed by atoms with Gasteiger partial charge in [0.1, 0.15) is 0 Å². The maximum atomic E-state index is 11.2. The van der Waals surface area contributed by atoms with Gasteiger partial charge in [-0.25, -0.2) is 0 Å². The van der Waals surface area contributed by atoms with E-state index in [1.165, 1.54) is 0 Å². The molecular formula is C7H14N2O2. The van der Waals surface area contributed by atoms with Gasteiger partial charge in [0, 0.05) is 13.1 Å². The van der Waals surface area contributed by atoms with Crippen molar-refractivity contribution in [3.8, 4) is 0 Å². The lowest BCUT2D eigenvalue weighted by molar-refractivity contribution is -0.135. The van der Waals surface area contributed by atoms with Gasteiger partial charge in [-0.05, 0) is 12.8 Å². The Labute approximate surface area is 66.0 Å². The number of nitrogens with zero attached hydrogens (tertiary/aromatic N) is 1. The number of carbonyl (C=O) groups excluding carboxylic acids is 1. The minimum Gasteiger partial charge on any atom is -0.395 e. The Morgan fingerprint density at radius 3 is 3.09 bits per heavy atom. The molecular weight excluding hydrogens is 144 g/mol. The fourth-order valence-electron chi connectivity index (χ4n) is 1.31. The van der Waals surface area contributed by atoms with Gasteiger partial charge in [0.25, 0.3) is 0 Å². The van der Waals surface area contributed by atoms with E-state index in [0.29, 0.717) is 6.54 Å². The van der Waals surface area contributed by atoms with Crippen LogP contribution in [0, 0.1) is 0 Å². The fraction of sp³-hybridized carbons (Fsp3) is 0.857. The van der Waals surface area contributed by atoms with E-state index in [1.54, 1.807) is 4.90 Å². The molecule has 1 amide bonds. The van der Waals surface area contributed by atoms with E-state index in [9.17, 15) is 4.79 Å². The normalized spacial score (nSPS) is 25.8. The van der Waals surface area contributed by atoms with Crippen molar-refractivity contribution in [3.63, 3.8) is 0 Å². The van der Waals surface area contributed by atoms with Crippen molar-refractivity contribution in [2.45, 2.75) is 18.9 Å². The molecule has 1 rings (SSSR count). The number of piperidine rings is 1. The van der Waals surface area contributed by atoms with Crippen LogP contribution < -0.4 is 5.73 Å². The summed E-state index contributed by atoms with van der Waals surface area (Å²) in [4.78, 5) is 12.8. The van der Waals surface area contributed by atoms with Gasteiger partial charge < -0.3 is 15.7 Å². The highest BCUT2D eigenvalue weighted by Crippen LogP contribution is 2.08. The third-order valence-corrected chi connectivity index (χ3v) is 1.94. The van der Waals surface area contributed by atoms with Crippen LogP contribution in [0.5, 0.6) is 0 Å². The average Bonchev–Trinajstić information content (AvgIpc) is 1.99. The third-order valence-electron chi connectivity index (χ3n) is 1.94. The number of aliphatic hydroxyl groups excluding tert-OH is 1. The molecule has 3 N–H and O–H groups in total. The number of likely N-dealkylation sites (tertiary alicyclic amines) is 1. The number of aliphatic hydroxyl groups is 1. The van der Waals surface area contributed by atoms with Crippen LogP contribution in [0.15, 0.2) is 0 Å². The summed E-state index contributed by atoms with van der Waals surface area (Å²) in [6.45, 7) is 1.19. The van der Waals surface area contributed by atoms with Crippen molar-refractivity contribution >= 4 is 5.91 Å². The van der Waals surface area contributed by atoms with E-state index in [1.807, 2.05) is 0 Å². The van der Waals surface area contributed by atoms with Crippen LogP contribution in [-0.4, -0.2) is 41.7 Å². The largest absolute Gasteiger partial charge is 0.395 e. The summed E-state index contributed by atoms with van der Waals surface area (Å²) in [5, 5.41) is 8.59. The number of amides is 1. The summed E-state index contributed by atoms with van der Waals surface area (Å²) in [6, 6.07) is -0.338. The van der Waals surface area contributed by atoms with Gasteiger partial charge in [0.2, 0.25) is 5.91 Å². The number of nitrogens with two attached hydrogens (primary N) is 1. The van der Waals surface area contributed by atoms with Crippen LogP contribution in [-0.2, 0) is 4.79 Å². The van der Waals surface area contributed by atoms with Crippen LogP contribution in [0.4, 0.5) is 0 Å². The van der Waals surface area contributed by atoms with Crippen LogP contribution in [0.25, 0.3) is 0 Å². The molecule has 0 unspecified atom stereocenters. The molecule has 0 aromatic heterocycles. The Morgan fingerprint density at radius 1 is 1.73 bits per heavy atom. The second kappa shape index (κ2) is 3.69. The SMILES string of the molecule is N[C@@H]1CCCN(CCO)C1=O. The highest BCUT2D eigenvalue weighted by molar-refractivity contribution is 5.82. The second-order valence-corrected chi connectivity index (χ2v) is 2.80. The molecule has 1 atom stereocenters. The van der Waals surface area contributed by atoms with E-state index in [-0.39, 0.29) is 18.6 Å². The van der Waals surface area contributed by atoms with Gasteiger partial charge >= 0.3 is 0 Å². The molecule has 4 heteroatoms. The zero-order valence-corrected chi connectivity index (χ0v) is 6.49. The number of carbonyl (C=O) groups is 1. The summed E-state index contributed by atoms with van der Waals surface area (Å²) >= 11 is 0. The molecule has 11 heavy (non-hydrogen) atoms. The van der Waals surface area contributed by atoms with Gasteiger partial charge in [0.15, 0.2) is 0 Å². The zero-order valence-electron chi connectivity index (χ0n) is 6.49. The fourth-order valence-corrected chi connectivity index (χ4v) is 1.31. The quantitative estimate of drug-likeness (QED) is 0.537. The van der Waals surface area contributed by atoms with Gasteiger partial charge in [-0.15, -0.1) is 0 Å². The second-order valence-electron chi connectivity index (χ2n) is 2.80. The lowest BCUT2D eigenvalue weighted by Gasteiger charge is -2.29. The first-order chi connectivity index (χ1) is 5.25. The molecule has 0 aromatic carbocycles. The van der Waals surface area contributed by atoms with Gasteiger partial charge in [0.05, 0.1) is 12.6 Å². The molecule has 64 valence electrons. The van der Waals surface area contributed by atoms with Crippen LogP contribution in [0.2, 0.25) is 0 Å². The Morgan fingerprint density at radius 2 is 2.45 bits per heavy atom. The standard InChI is InChI=1S/C7H14N2O2/c8-6-2-1-3-9(4-5-10)7(6)11/h6,10H,1-5,8H2/t6-/m1/s1. The summed E-state index contributed by atoms with van der Waals surface area (Å²) in [5.74, 6) is -0.0229. The topological polar surface area (TPSA) is 66.6 Å². The first-order valence-corrected chi connectivity index (χ1v) is 3.91. The van der Waals surface area contributed by atoms with E-state index < -0.39 is 0 Å². The van der Waals surface area contributed by atoms with Crippen molar-refractivity contribution in [2.24, 2.45) is 5.73 Å². The molecule has 0 saturated carbocycles. The Hall–Kier alpha value is -0.610. The molecule has 0 radical (unpaired) electrons. The van der Waals surface area contributed by atoms with E-state index >= 15 is 0 Å². The molecule has 0 bridgehead atoms. The highest BCUT2D eigenvalue weighted by atomic mass is 16.3. The number of β-amino-alcohol motifs (C(OH)–C–C–N with tert-alkyl or cyclic N) is 1. The molecule has 0 spiro atoms. The summed E-state index contributed by atoms with van der Waals surface area (Å²) < 4.78 is 0. The van der Waals surface area contributed by atoms with Crippen molar-refractivity contribution in [3.05, 3.63) is 0 Å². The van der Waals surface area contributed by atoms with E-state index in [4.69, 9.17) is 10.8 Å². The molecule has 1 fully saturated rings. The van der Waals surface area contributed by atoms with Gasteiger partial charge in [-0.1, -0.05) is 0 Å². The van der Waals surface area contributed by atoms with Crippen LogP contribution in [0.3, 0.4) is 0 Å². The van der Waals surface area contributed by atoms with Crippen molar-refractivity contribution in [1.29, 1.82) is 0 Å². The summed E-state index contributed by atoms with van der Waals surface area (Å²) in [6.07, 6.45) is 1.73. The number of hydrogen-bond acceptors (Lipinski definition) is 3. The van der Waals surface area contributed by atoms with Crippen LogP contribution in [0.1, 0.15) is 12.8 Å². The number of hydrogen-bond donors (Lipinski definition) is 2. The third kappa shape index (κ3) is 1.91. The molecule has 0 aromatic rings. The first kappa shape index (κ1) is 8.49. The average molecular weight is 158 g/mol. The first-order valence-electron chi connectivity index (χ1n) is 3.91. The summed E-state index contributed by atoms with van der Waals surface area (Å²) in [7, 11) is 0. The summed E-state index contributed by atoms with van der Waals surface area (Å²) in [5.41, 5.74) is 5.53. The molecule has 1 saturated heterocycles. The Balaban J connectivity index is 2.44. The highest BCUT2D eigenvalue weighted by Gasteiger charge is 2.24. The number of rotatable bonds is 2. The molecule has 4 nitrogen and oxygen atoms in total. The lowest BCUT2D eigenvalue weighted by Crippen LogP contribution is -2.49. The Kier molecular flexibility index (Phi) is 2.84. The van der Waals surface area contributed by atoms with Crippen molar-refractivity contribution in [1.82, 2.24) is 4.90 Å². The Bertz CT molecular complexity index is 147. The molecule has 0 aliphatic carbocycles. The minimum atomic E-state index is -0.338. The monoisotopic (exact) mass is 158 g/mol. The molecule has 1 heterocycles. The molecule has 1 aliphatic heterocycles. The predicted molar refractivity (Wildman–Crippen MR) is 40.9 cm³/mol. The van der Waals surface area contributed by atoms with Crippen LogP contribution >= 0.6 is 0 Å². The lowest BCUT2D eigenvalue weighted by atomic mass is 10.1. The van der Waals surface area contributed by atoms with Crippen molar-refractivity contribution < 1.29 is 9.90 Å². The smallest absolute Gasteiger partial charge is 0.239 e. The van der Waals surface area contributed by atoms with E-state index in [0.717, 1.165) is 19.4 Å². The van der Waals surface area contributed by atoms with Gasteiger partial charge in [-0.3, -0.25) is 4.79 Å². The predicted octanol–water partition coefficient (Wildman–Crippen LogP) is -1.07.